The van der Waals surface area contributed by atoms with Gasteiger partial charge >= 0.3 is 0 Å². The Kier molecular flexibility index (Phi) is 4.26. The van der Waals surface area contributed by atoms with Gasteiger partial charge in [-0.1, -0.05) is 6.07 Å². The third kappa shape index (κ3) is 3.17. The number of carbonyl (C=O) groups excluding carboxylic acids is 1. The van der Waals surface area contributed by atoms with Gasteiger partial charge in [-0.15, -0.1) is 0 Å². The van der Waals surface area contributed by atoms with Gasteiger partial charge < -0.3 is 19.9 Å². The second kappa shape index (κ2) is 6.35. The van der Waals surface area contributed by atoms with E-state index in [4.69, 9.17) is 9.47 Å². The molecule has 2 N–H and O–H groups in total. The molecule has 1 fully saturated rings. The summed E-state index contributed by atoms with van der Waals surface area (Å²) in [6, 6.07) is 5.36. The summed E-state index contributed by atoms with van der Waals surface area (Å²) in [5.74, 6) is -1.27. The topological polar surface area (TPSA) is 85.6 Å². The molecule has 2 atom stereocenters. The van der Waals surface area contributed by atoms with Crippen LogP contribution in [-0.4, -0.2) is 53.3 Å². The van der Waals surface area contributed by atoms with Crippen LogP contribution in [0, 0.1) is 5.82 Å². The van der Waals surface area contributed by atoms with E-state index in [1.54, 1.807) is 6.07 Å². The SMILES string of the molecule is CO[C@@H]1COC[C@@H]1NC(=O)c1nn(-c2cccc(F)c2)cc1O. The summed E-state index contributed by atoms with van der Waals surface area (Å²) in [5.41, 5.74) is 0.259. The van der Waals surface area contributed by atoms with Crippen LogP contribution in [0.3, 0.4) is 0 Å². The smallest absolute Gasteiger partial charge is 0.276 e. The summed E-state index contributed by atoms with van der Waals surface area (Å²) in [5, 5.41) is 16.7. The summed E-state index contributed by atoms with van der Waals surface area (Å²) in [7, 11) is 1.54. The standard InChI is InChI=1S/C15H16FN3O4/c1-22-13-8-23-7-11(13)17-15(21)14-12(20)6-19(18-14)10-4-2-3-9(16)5-10/h2-6,11,13,20H,7-8H2,1H3,(H,17,21)/t11-,13+/m0/s1. The number of nitrogens with one attached hydrogen (secondary N) is 1. The van der Waals surface area contributed by atoms with E-state index in [1.165, 1.54) is 36.2 Å². The van der Waals surface area contributed by atoms with Crippen LogP contribution in [0.4, 0.5) is 4.39 Å². The minimum atomic E-state index is -0.546. The van der Waals surface area contributed by atoms with E-state index in [-0.39, 0.29) is 23.6 Å². The molecule has 0 spiro atoms. The number of aromatic nitrogens is 2. The lowest BCUT2D eigenvalue weighted by Crippen LogP contribution is -2.43. The molecule has 23 heavy (non-hydrogen) atoms. The number of methoxy groups -OCH3 is 1. The van der Waals surface area contributed by atoms with E-state index in [0.29, 0.717) is 18.9 Å². The number of carbonyl (C=O) groups is 1. The molecule has 0 radical (unpaired) electrons. The molecule has 1 aliphatic heterocycles. The molecule has 7 nitrogen and oxygen atoms in total. The predicted octanol–water partition coefficient (Wildman–Crippen LogP) is 0.861. The van der Waals surface area contributed by atoms with E-state index in [2.05, 4.69) is 10.4 Å². The third-order valence-electron chi connectivity index (χ3n) is 3.63. The number of hydrogen-bond donors (Lipinski definition) is 2. The fourth-order valence-corrected chi connectivity index (χ4v) is 2.42. The number of benzene rings is 1. The molecule has 0 unspecified atom stereocenters. The van der Waals surface area contributed by atoms with Crippen molar-refractivity contribution >= 4 is 5.91 Å². The highest BCUT2D eigenvalue weighted by atomic mass is 19.1. The Morgan fingerprint density at radius 1 is 1.52 bits per heavy atom. The summed E-state index contributed by atoms with van der Waals surface area (Å²) < 4.78 is 25.0. The molecule has 1 aromatic carbocycles. The van der Waals surface area contributed by atoms with Crippen molar-refractivity contribution in [1.82, 2.24) is 15.1 Å². The lowest BCUT2D eigenvalue weighted by Gasteiger charge is -2.16. The lowest BCUT2D eigenvalue weighted by molar-refractivity contribution is 0.0683. The van der Waals surface area contributed by atoms with Crippen LogP contribution in [0.25, 0.3) is 5.69 Å². The summed E-state index contributed by atoms with van der Waals surface area (Å²) in [6.45, 7) is 0.723. The molecular formula is C15H16FN3O4. The van der Waals surface area contributed by atoms with Crippen LogP contribution >= 0.6 is 0 Å². The quantitative estimate of drug-likeness (QED) is 0.872. The molecule has 0 saturated carbocycles. The van der Waals surface area contributed by atoms with Gasteiger partial charge in [0.25, 0.3) is 5.91 Å². The van der Waals surface area contributed by atoms with Crippen LogP contribution in [-0.2, 0) is 9.47 Å². The molecule has 2 aromatic rings. The normalized spacial score (nSPS) is 20.6. The van der Waals surface area contributed by atoms with Gasteiger partial charge in [0.05, 0.1) is 31.1 Å². The molecule has 1 saturated heterocycles. The number of halogens is 1. The van der Waals surface area contributed by atoms with Crippen molar-refractivity contribution in [3.63, 3.8) is 0 Å². The van der Waals surface area contributed by atoms with E-state index in [9.17, 15) is 14.3 Å². The molecule has 0 bridgehead atoms. The number of amides is 1. The molecule has 122 valence electrons. The molecule has 8 heteroatoms. The van der Waals surface area contributed by atoms with Crippen LogP contribution < -0.4 is 5.32 Å². The van der Waals surface area contributed by atoms with Crippen molar-refractivity contribution in [2.24, 2.45) is 0 Å². The lowest BCUT2D eigenvalue weighted by atomic mass is 10.2. The zero-order chi connectivity index (χ0) is 16.4. The van der Waals surface area contributed by atoms with Gasteiger partial charge in [0.1, 0.15) is 11.9 Å². The van der Waals surface area contributed by atoms with Gasteiger partial charge in [-0.05, 0) is 18.2 Å². The van der Waals surface area contributed by atoms with E-state index in [1.807, 2.05) is 0 Å². The van der Waals surface area contributed by atoms with Crippen LogP contribution in [0.1, 0.15) is 10.5 Å². The van der Waals surface area contributed by atoms with Crippen LogP contribution in [0.2, 0.25) is 0 Å². The molecular weight excluding hydrogens is 305 g/mol. The average molecular weight is 321 g/mol. The Labute approximate surface area is 131 Å². The highest BCUT2D eigenvalue weighted by molar-refractivity contribution is 5.95. The Bertz CT molecular complexity index is 718. The average Bonchev–Trinajstić information content (AvgIpc) is 3.13. The fourth-order valence-electron chi connectivity index (χ4n) is 2.42. The zero-order valence-electron chi connectivity index (χ0n) is 12.4. The Balaban J connectivity index is 1.79. The number of hydrogen-bond acceptors (Lipinski definition) is 5. The van der Waals surface area contributed by atoms with Crippen molar-refractivity contribution in [3.8, 4) is 11.4 Å². The summed E-state index contributed by atoms with van der Waals surface area (Å²) in [6.07, 6.45) is 1.01. The van der Waals surface area contributed by atoms with Crippen molar-refractivity contribution in [2.45, 2.75) is 12.1 Å². The Morgan fingerprint density at radius 2 is 2.35 bits per heavy atom. The van der Waals surface area contributed by atoms with Crippen molar-refractivity contribution < 1.29 is 23.8 Å². The van der Waals surface area contributed by atoms with Crippen LogP contribution in [0.5, 0.6) is 5.75 Å². The molecule has 0 aliphatic carbocycles. The second-order valence-electron chi connectivity index (χ2n) is 5.18. The van der Waals surface area contributed by atoms with E-state index in [0.717, 1.165) is 0 Å². The van der Waals surface area contributed by atoms with Crippen molar-refractivity contribution in [1.29, 1.82) is 0 Å². The first kappa shape index (κ1) is 15.4. The number of nitrogens with zero attached hydrogens (tertiary/aromatic N) is 2. The highest BCUT2D eigenvalue weighted by Crippen LogP contribution is 2.19. The van der Waals surface area contributed by atoms with Gasteiger partial charge in [-0.3, -0.25) is 4.79 Å². The van der Waals surface area contributed by atoms with E-state index < -0.39 is 11.7 Å². The molecule has 3 rings (SSSR count). The van der Waals surface area contributed by atoms with Crippen molar-refractivity contribution in [3.05, 3.63) is 42.0 Å². The first-order valence-corrected chi connectivity index (χ1v) is 7.04. The van der Waals surface area contributed by atoms with Crippen LogP contribution in [0.15, 0.2) is 30.5 Å². The number of aromatic hydroxyl groups is 1. The van der Waals surface area contributed by atoms with Crippen molar-refractivity contribution in [2.75, 3.05) is 20.3 Å². The minimum Gasteiger partial charge on any atom is -0.504 e. The maximum absolute atomic E-state index is 13.3. The van der Waals surface area contributed by atoms with Gasteiger partial charge in [0, 0.05) is 7.11 Å². The largest absolute Gasteiger partial charge is 0.504 e. The zero-order valence-corrected chi connectivity index (χ0v) is 12.4. The number of rotatable bonds is 4. The van der Waals surface area contributed by atoms with Gasteiger partial charge in [0.15, 0.2) is 11.4 Å². The second-order valence-corrected chi connectivity index (χ2v) is 5.18. The van der Waals surface area contributed by atoms with E-state index >= 15 is 0 Å². The molecule has 2 heterocycles. The predicted molar refractivity (Wildman–Crippen MR) is 78.1 cm³/mol. The third-order valence-corrected chi connectivity index (χ3v) is 3.63. The van der Waals surface area contributed by atoms with Gasteiger partial charge in [-0.2, -0.15) is 5.10 Å². The fraction of sp³-hybridized carbons (Fsp3) is 0.333. The first-order chi connectivity index (χ1) is 11.1. The van der Waals surface area contributed by atoms with Gasteiger partial charge in [-0.25, -0.2) is 9.07 Å². The Hall–Kier alpha value is -2.45. The molecule has 1 aliphatic rings. The minimum absolute atomic E-state index is 0.143. The molecule has 1 aromatic heterocycles. The maximum atomic E-state index is 13.3. The van der Waals surface area contributed by atoms with Gasteiger partial charge in [0.2, 0.25) is 0 Å². The number of ether oxygens (including phenoxy) is 2. The monoisotopic (exact) mass is 321 g/mol. The first-order valence-electron chi connectivity index (χ1n) is 7.04. The highest BCUT2D eigenvalue weighted by Gasteiger charge is 2.31. The Morgan fingerprint density at radius 3 is 3.09 bits per heavy atom. The molecule has 1 amide bonds. The maximum Gasteiger partial charge on any atom is 0.276 e. The summed E-state index contributed by atoms with van der Waals surface area (Å²) in [4.78, 5) is 12.3. The summed E-state index contributed by atoms with van der Waals surface area (Å²) >= 11 is 0.